The van der Waals surface area contributed by atoms with E-state index in [1.54, 1.807) is 0 Å². The molecule has 0 bridgehead atoms. The van der Waals surface area contributed by atoms with E-state index >= 15 is 0 Å². The van der Waals surface area contributed by atoms with Gasteiger partial charge in [0.25, 0.3) is 0 Å². The van der Waals surface area contributed by atoms with Gasteiger partial charge in [-0.3, -0.25) is 0 Å². The highest BCUT2D eigenvalue weighted by Crippen LogP contribution is 2.20. The van der Waals surface area contributed by atoms with Crippen molar-refractivity contribution in [3.63, 3.8) is 0 Å². The Morgan fingerprint density at radius 1 is 1.13 bits per heavy atom. The van der Waals surface area contributed by atoms with Crippen LogP contribution in [0.2, 0.25) is 0 Å². The van der Waals surface area contributed by atoms with Crippen molar-refractivity contribution < 1.29 is 24.8 Å². The summed E-state index contributed by atoms with van der Waals surface area (Å²) in [4.78, 5) is 0. The number of hydrogen-bond donors (Lipinski definition) is 3. The molecule has 0 saturated carbocycles. The van der Waals surface area contributed by atoms with Gasteiger partial charge in [-0.1, -0.05) is 57.6 Å². The van der Waals surface area contributed by atoms with Gasteiger partial charge in [0.05, 0.1) is 19.8 Å². The van der Waals surface area contributed by atoms with Gasteiger partial charge in [-0.2, -0.15) is 0 Å². The summed E-state index contributed by atoms with van der Waals surface area (Å²) in [6.45, 7) is 2.49. The summed E-state index contributed by atoms with van der Waals surface area (Å²) in [6.07, 6.45) is 11.2. The zero-order valence-electron chi connectivity index (χ0n) is 14.4. The molecule has 0 unspecified atom stereocenters. The Bertz CT molecular complexity index is 308. The molecule has 1 heterocycles. The fraction of sp³-hybridized carbons (Fsp3) is 0.889. The molecule has 1 rings (SSSR count). The molecule has 4 atom stereocenters. The first-order valence-electron chi connectivity index (χ1n) is 9.05. The minimum absolute atomic E-state index is 0.245. The molecule has 136 valence electrons. The normalized spacial score (nSPS) is 26.2. The van der Waals surface area contributed by atoms with E-state index in [0.29, 0.717) is 6.61 Å². The van der Waals surface area contributed by atoms with Crippen LogP contribution in [0.1, 0.15) is 58.3 Å². The molecular weight excluding hydrogens is 296 g/mol. The molecule has 3 N–H and O–H groups in total. The van der Waals surface area contributed by atoms with Crippen molar-refractivity contribution in [3.8, 4) is 0 Å². The lowest BCUT2D eigenvalue weighted by Gasteiger charge is -2.20. The molecule has 1 saturated heterocycles. The van der Waals surface area contributed by atoms with Gasteiger partial charge in [-0.15, -0.1) is 0 Å². The van der Waals surface area contributed by atoms with Crippen LogP contribution in [0.5, 0.6) is 0 Å². The molecule has 0 aromatic carbocycles. The molecule has 1 fully saturated rings. The molecule has 0 spiro atoms. The van der Waals surface area contributed by atoms with Crippen LogP contribution in [0.4, 0.5) is 0 Å². The fourth-order valence-corrected chi connectivity index (χ4v) is 2.79. The lowest BCUT2D eigenvalue weighted by molar-refractivity contribution is -0.0716. The van der Waals surface area contributed by atoms with Crippen molar-refractivity contribution >= 4 is 0 Å². The topological polar surface area (TPSA) is 79.2 Å². The predicted molar refractivity (Wildman–Crippen MR) is 90.3 cm³/mol. The van der Waals surface area contributed by atoms with Crippen molar-refractivity contribution in [3.05, 3.63) is 12.2 Å². The standard InChI is InChI=1S/C18H34O5/c1-2-3-4-5-6-7-8-9-10-11-12-22-16-14-23-18(17(16)21)15(20)13-19/h10-11,15-21H,2-9,12-14H2,1H3/b11-10+/t15-,16+,17+,18+/m1/s1. The van der Waals surface area contributed by atoms with Gasteiger partial charge in [-0.25, -0.2) is 0 Å². The Morgan fingerprint density at radius 2 is 1.83 bits per heavy atom. The van der Waals surface area contributed by atoms with Gasteiger partial charge in [0, 0.05) is 0 Å². The summed E-state index contributed by atoms with van der Waals surface area (Å²) in [7, 11) is 0. The van der Waals surface area contributed by atoms with Crippen LogP contribution in [0.15, 0.2) is 12.2 Å². The van der Waals surface area contributed by atoms with Crippen LogP contribution in [0, 0.1) is 0 Å². The lowest BCUT2D eigenvalue weighted by atomic mass is 10.1. The Balaban J connectivity index is 2.00. The van der Waals surface area contributed by atoms with E-state index in [2.05, 4.69) is 13.0 Å². The van der Waals surface area contributed by atoms with E-state index in [1.165, 1.54) is 44.9 Å². The van der Waals surface area contributed by atoms with E-state index in [9.17, 15) is 10.2 Å². The molecule has 0 aliphatic carbocycles. The number of ether oxygens (including phenoxy) is 2. The molecule has 0 aromatic rings. The minimum Gasteiger partial charge on any atom is -0.394 e. The van der Waals surface area contributed by atoms with Gasteiger partial charge in [0.2, 0.25) is 0 Å². The molecule has 1 aliphatic heterocycles. The van der Waals surface area contributed by atoms with Crippen molar-refractivity contribution in [2.75, 3.05) is 19.8 Å². The first-order valence-corrected chi connectivity index (χ1v) is 9.05. The maximum absolute atomic E-state index is 9.97. The van der Waals surface area contributed by atoms with E-state index in [1.807, 2.05) is 6.08 Å². The monoisotopic (exact) mass is 330 g/mol. The van der Waals surface area contributed by atoms with E-state index in [4.69, 9.17) is 14.6 Å². The van der Waals surface area contributed by atoms with E-state index < -0.39 is 31.0 Å². The number of aliphatic hydroxyl groups is 3. The number of unbranched alkanes of at least 4 members (excludes halogenated alkanes) is 7. The second-order valence-corrected chi connectivity index (χ2v) is 6.29. The second-order valence-electron chi connectivity index (χ2n) is 6.29. The second kappa shape index (κ2) is 12.9. The molecular formula is C18H34O5. The third-order valence-corrected chi connectivity index (χ3v) is 4.28. The van der Waals surface area contributed by atoms with Crippen LogP contribution >= 0.6 is 0 Å². The number of aliphatic hydroxyl groups excluding tert-OH is 3. The van der Waals surface area contributed by atoms with Crippen LogP contribution in [0.3, 0.4) is 0 Å². The summed E-state index contributed by atoms with van der Waals surface area (Å²) in [5.74, 6) is 0. The summed E-state index contributed by atoms with van der Waals surface area (Å²) in [5, 5.41) is 28.4. The Hall–Kier alpha value is -0.460. The molecule has 0 radical (unpaired) electrons. The lowest BCUT2D eigenvalue weighted by Crippen LogP contribution is -2.41. The Labute approximate surface area is 140 Å². The first-order chi connectivity index (χ1) is 11.2. The molecule has 23 heavy (non-hydrogen) atoms. The third-order valence-electron chi connectivity index (χ3n) is 4.28. The van der Waals surface area contributed by atoms with Crippen molar-refractivity contribution in [1.82, 2.24) is 0 Å². The number of rotatable bonds is 13. The summed E-state index contributed by atoms with van der Waals surface area (Å²) < 4.78 is 10.8. The molecule has 5 heteroatoms. The Morgan fingerprint density at radius 3 is 2.52 bits per heavy atom. The molecule has 1 aliphatic rings. The fourth-order valence-electron chi connectivity index (χ4n) is 2.79. The summed E-state index contributed by atoms with van der Waals surface area (Å²) in [6, 6.07) is 0. The molecule has 0 aromatic heterocycles. The van der Waals surface area contributed by atoms with Crippen LogP contribution in [-0.4, -0.2) is 59.6 Å². The maximum atomic E-state index is 9.97. The number of allylic oxidation sites excluding steroid dienone is 1. The summed E-state index contributed by atoms with van der Waals surface area (Å²) >= 11 is 0. The predicted octanol–water partition coefficient (Wildman–Crippen LogP) is 2.18. The maximum Gasteiger partial charge on any atom is 0.114 e. The van der Waals surface area contributed by atoms with Crippen molar-refractivity contribution in [2.24, 2.45) is 0 Å². The largest absolute Gasteiger partial charge is 0.394 e. The highest BCUT2D eigenvalue weighted by molar-refractivity contribution is 4.90. The quantitative estimate of drug-likeness (QED) is 0.356. The average Bonchev–Trinajstić information content (AvgIpc) is 2.93. The highest BCUT2D eigenvalue weighted by Gasteiger charge is 2.40. The van der Waals surface area contributed by atoms with Crippen LogP contribution in [-0.2, 0) is 9.47 Å². The van der Waals surface area contributed by atoms with Gasteiger partial charge in [0.15, 0.2) is 0 Å². The highest BCUT2D eigenvalue weighted by atomic mass is 16.6. The Kier molecular flexibility index (Phi) is 11.5. The smallest absolute Gasteiger partial charge is 0.114 e. The average molecular weight is 330 g/mol. The zero-order chi connectivity index (χ0) is 16.9. The van der Waals surface area contributed by atoms with Gasteiger partial charge in [-0.05, 0) is 12.8 Å². The SMILES string of the molecule is CCCCCCCCC/C=C/CO[C@H]1CO[C@@H]([C@H](O)CO)[C@H]1O. The van der Waals surface area contributed by atoms with Crippen molar-refractivity contribution in [1.29, 1.82) is 0 Å². The van der Waals surface area contributed by atoms with Crippen LogP contribution in [0.25, 0.3) is 0 Å². The summed E-state index contributed by atoms with van der Waals surface area (Å²) in [5.41, 5.74) is 0. The van der Waals surface area contributed by atoms with Gasteiger partial charge >= 0.3 is 0 Å². The minimum atomic E-state index is -1.06. The van der Waals surface area contributed by atoms with Gasteiger partial charge in [0.1, 0.15) is 24.4 Å². The zero-order valence-corrected chi connectivity index (χ0v) is 14.4. The van der Waals surface area contributed by atoms with E-state index in [0.717, 1.165) is 6.42 Å². The van der Waals surface area contributed by atoms with Crippen molar-refractivity contribution in [2.45, 2.75) is 82.7 Å². The third kappa shape index (κ3) is 8.27. The molecule has 0 amide bonds. The van der Waals surface area contributed by atoms with E-state index in [-0.39, 0.29) is 6.61 Å². The van der Waals surface area contributed by atoms with Crippen LogP contribution < -0.4 is 0 Å². The first kappa shape index (κ1) is 20.6. The van der Waals surface area contributed by atoms with Gasteiger partial charge < -0.3 is 24.8 Å². The number of hydrogen-bond acceptors (Lipinski definition) is 5. The molecule has 5 nitrogen and oxygen atoms in total.